The molecule has 108 valence electrons. The number of amidine groups is 1. The molecule has 1 aliphatic rings. The largest absolute Gasteiger partial charge is 0.409 e. The maximum absolute atomic E-state index is 8.80. The lowest BCUT2D eigenvalue weighted by Gasteiger charge is -2.25. The number of halogens is 1. The third-order valence-electron chi connectivity index (χ3n) is 3.82. The Morgan fingerprint density at radius 1 is 1.33 bits per heavy atom. The van der Waals surface area contributed by atoms with Crippen LogP contribution in [0.1, 0.15) is 18.1 Å². The van der Waals surface area contributed by atoms with Crippen molar-refractivity contribution in [2.24, 2.45) is 10.9 Å². The summed E-state index contributed by atoms with van der Waals surface area (Å²) in [4.78, 5) is 2.32. The average molecular weight is 346 g/mol. The molecule has 1 unspecified atom stereocenters. The number of fused-ring (bicyclic) bond motifs is 1. The number of benzene rings is 2. The Balaban J connectivity index is 2.04. The van der Waals surface area contributed by atoms with Gasteiger partial charge in [-0.15, -0.1) is 0 Å². The van der Waals surface area contributed by atoms with Gasteiger partial charge in [0, 0.05) is 27.5 Å². The first-order valence-corrected chi connectivity index (χ1v) is 7.55. The van der Waals surface area contributed by atoms with E-state index in [4.69, 9.17) is 10.9 Å². The quantitative estimate of drug-likeness (QED) is 0.378. The van der Waals surface area contributed by atoms with Crippen LogP contribution in [0.15, 0.2) is 52.1 Å². The summed E-state index contributed by atoms with van der Waals surface area (Å²) in [6.07, 6.45) is 1.04. The fraction of sp³-hybridized carbons (Fsp3) is 0.188. The third-order valence-corrected chi connectivity index (χ3v) is 4.48. The summed E-state index contributed by atoms with van der Waals surface area (Å²) in [5.41, 5.74) is 10.0. The van der Waals surface area contributed by atoms with Crippen molar-refractivity contribution in [2.45, 2.75) is 19.4 Å². The molecule has 4 nitrogen and oxygen atoms in total. The van der Waals surface area contributed by atoms with E-state index in [1.807, 2.05) is 18.2 Å². The van der Waals surface area contributed by atoms with Crippen molar-refractivity contribution in [1.82, 2.24) is 0 Å². The molecule has 0 spiro atoms. The lowest BCUT2D eigenvalue weighted by atomic mass is 10.1. The van der Waals surface area contributed by atoms with Crippen LogP contribution in [0.25, 0.3) is 0 Å². The minimum absolute atomic E-state index is 0.100. The van der Waals surface area contributed by atoms with Crippen LogP contribution in [-0.4, -0.2) is 17.1 Å². The van der Waals surface area contributed by atoms with Crippen LogP contribution in [0.5, 0.6) is 0 Å². The molecule has 0 saturated heterocycles. The highest BCUT2D eigenvalue weighted by Crippen LogP contribution is 2.39. The van der Waals surface area contributed by atoms with Crippen LogP contribution in [0.2, 0.25) is 0 Å². The molecular weight excluding hydrogens is 330 g/mol. The molecule has 0 aromatic heterocycles. The molecule has 0 bridgehead atoms. The standard InChI is InChI=1S/C16H16BrN3O/c1-10-8-11-4-2-3-5-15(11)20(10)12-6-7-13(14(17)9-12)16(18)19-21/h2-7,9-10,21H,8H2,1H3,(H2,18,19). The fourth-order valence-electron chi connectivity index (χ4n) is 2.87. The summed E-state index contributed by atoms with van der Waals surface area (Å²) in [5.74, 6) is 0.100. The Morgan fingerprint density at radius 2 is 2.10 bits per heavy atom. The summed E-state index contributed by atoms with van der Waals surface area (Å²) in [7, 11) is 0. The smallest absolute Gasteiger partial charge is 0.171 e. The first kappa shape index (κ1) is 13.9. The normalized spacial score (nSPS) is 17.9. The van der Waals surface area contributed by atoms with Gasteiger partial charge < -0.3 is 15.8 Å². The first-order valence-electron chi connectivity index (χ1n) is 6.76. The number of para-hydroxylation sites is 1. The molecule has 21 heavy (non-hydrogen) atoms. The van der Waals surface area contributed by atoms with Crippen LogP contribution < -0.4 is 10.6 Å². The predicted molar refractivity (Wildman–Crippen MR) is 88.4 cm³/mol. The second-order valence-corrected chi connectivity index (χ2v) is 6.06. The Hall–Kier alpha value is -2.01. The molecule has 0 saturated carbocycles. The maximum atomic E-state index is 8.80. The van der Waals surface area contributed by atoms with Gasteiger partial charge in [-0.25, -0.2) is 0 Å². The molecule has 0 amide bonds. The topological polar surface area (TPSA) is 61.8 Å². The van der Waals surface area contributed by atoms with Gasteiger partial charge in [0.15, 0.2) is 5.84 Å². The number of anilines is 2. The van der Waals surface area contributed by atoms with Gasteiger partial charge in [-0.05, 0) is 59.1 Å². The molecule has 3 rings (SSSR count). The molecule has 0 fully saturated rings. The Morgan fingerprint density at radius 3 is 2.81 bits per heavy atom. The third kappa shape index (κ3) is 2.38. The molecule has 2 aromatic carbocycles. The van der Waals surface area contributed by atoms with Gasteiger partial charge in [0.2, 0.25) is 0 Å². The average Bonchev–Trinajstić information content (AvgIpc) is 2.82. The van der Waals surface area contributed by atoms with Gasteiger partial charge in [-0.3, -0.25) is 0 Å². The monoisotopic (exact) mass is 345 g/mol. The summed E-state index contributed by atoms with van der Waals surface area (Å²) < 4.78 is 0.812. The van der Waals surface area contributed by atoms with Crippen LogP contribution in [-0.2, 0) is 6.42 Å². The Kier molecular flexibility index (Phi) is 3.59. The van der Waals surface area contributed by atoms with Gasteiger partial charge in [0.25, 0.3) is 0 Å². The highest BCUT2D eigenvalue weighted by atomic mass is 79.9. The van der Waals surface area contributed by atoms with E-state index < -0.39 is 0 Å². The summed E-state index contributed by atoms with van der Waals surface area (Å²) in [6.45, 7) is 2.21. The van der Waals surface area contributed by atoms with Crippen molar-refractivity contribution in [2.75, 3.05) is 4.90 Å². The predicted octanol–water partition coefficient (Wildman–Crippen LogP) is 3.63. The van der Waals surface area contributed by atoms with E-state index >= 15 is 0 Å². The highest BCUT2D eigenvalue weighted by Gasteiger charge is 2.27. The summed E-state index contributed by atoms with van der Waals surface area (Å²) in [6, 6.07) is 14.7. The van der Waals surface area contributed by atoms with Gasteiger partial charge in [-0.2, -0.15) is 0 Å². The zero-order chi connectivity index (χ0) is 15.0. The fourth-order valence-corrected chi connectivity index (χ4v) is 3.44. The van der Waals surface area contributed by atoms with Gasteiger partial charge in [0.05, 0.1) is 0 Å². The van der Waals surface area contributed by atoms with Gasteiger partial charge >= 0.3 is 0 Å². The van der Waals surface area contributed by atoms with E-state index in [1.54, 1.807) is 0 Å². The van der Waals surface area contributed by atoms with Crippen molar-refractivity contribution < 1.29 is 5.21 Å². The van der Waals surface area contributed by atoms with E-state index in [0.717, 1.165) is 16.6 Å². The number of hydrogen-bond acceptors (Lipinski definition) is 3. The first-order chi connectivity index (χ1) is 10.1. The zero-order valence-corrected chi connectivity index (χ0v) is 13.2. The van der Waals surface area contributed by atoms with Crippen LogP contribution in [0, 0.1) is 0 Å². The summed E-state index contributed by atoms with van der Waals surface area (Å²) in [5, 5.41) is 11.8. The number of oxime groups is 1. The zero-order valence-electron chi connectivity index (χ0n) is 11.6. The number of nitrogens with two attached hydrogens (primary N) is 1. The van der Waals surface area contributed by atoms with Crippen molar-refractivity contribution in [3.8, 4) is 0 Å². The maximum Gasteiger partial charge on any atom is 0.171 e. The molecule has 0 aliphatic carbocycles. The molecule has 2 aromatic rings. The molecule has 1 atom stereocenters. The molecular formula is C16H16BrN3O. The molecule has 3 N–H and O–H groups in total. The van der Waals surface area contributed by atoms with Gasteiger partial charge in [-0.1, -0.05) is 23.4 Å². The molecule has 1 heterocycles. The van der Waals surface area contributed by atoms with Crippen molar-refractivity contribution >= 4 is 33.1 Å². The molecule has 5 heteroatoms. The van der Waals surface area contributed by atoms with Crippen LogP contribution in [0.3, 0.4) is 0 Å². The number of rotatable bonds is 2. The van der Waals surface area contributed by atoms with E-state index in [0.29, 0.717) is 11.6 Å². The van der Waals surface area contributed by atoms with Crippen molar-refractivity contribution in [3.05, 3.63) is 58.1 Å². The number of hydrogen-bond donors (Lipinski definition) is 2. The SMILES string of the molecule is CC1Cc2ccccc2N1c1ccc(/C(N)=N/O)c(Br)c1. The van der Waals surface area contributed by atoms with Gasteiger partial charge in [0.1, 0.15) is 0 Å². The Labute approximate surface area is 132 Å². The van der Waals surface area contributed by atoms with E-state index in [9.17, 15) is 0 Å². The minimum Gasteiger partial charge on any atom is -0.409 e. The number of nitrogens with zero attached hydrogens (tertiary/aromatic N) is 2. The Bertz CT molecular complexity index is 714. The lowest BCUT2D eigenvalue weighted by Crippen LogP contribution is -2.24. The van der Waals surface area contributed by atoms with E-state index in [2.05, 4.69) is 57.2 Å². The minimum atomic E-state index is 0.100. The van der Waals surface area contributed by atoms with Crippen molar-refractivity contribution in [1.29, 1.82) is 0 Å². The highest BCUT2D eigenvalue weighted by molar-refractivity contribution is 9.10. The van der Waals surface area contributed by atoms with Crippen LogP contribution >= 0.6 is 15.9 Å². The second-order valence-electron chi connectivity index (χ2n) is 5.20. The second kappa shape index (κ2) is 5.41. The van der Waals surface area contributed by atoms with Crippen LogP contribution in [0.4, 0.5) is 11.4 Å². The molecule has 0 radical (unpaired) electrons. The van der Waals surface area contributed by atoms with E-state index in [1.165, 1.54) is 11.3 Å². The summed E-state index contributed by atoms with van der Waals surface area (Å²) >= 11 is 3.50. The van der Waals surface area contributed by atoms with Crippen molar-refractivity contribution in [3.63, 3.8) is 0 Å². The molecule has 1 aliphatic heterocycles. The lowest BCUT2D eigenvalue weighted by molar-refractivity contribution is 0.318. The van der Waals surface area contributed by atoms with E-state index in [-0.39, 0.29) is 5.84 Å².